The van der Waals surface area contributed by atoms with Crippen LogP contribution in [0.5, 0.6) is 0 Å². The van der Waals surface area contributed by atoms with Crippen LogP contribution in [0.3, 0.4) is 0 Å². The van der Waals surface area contributed by atoms with Crippen molar-refractivity contribution in [3.8, 4) is 0 Å². The van der Waals surface area contributed by atoms with Crippen LogP contribution in [0, 0.1) is 17.8 Å². The van der Waals surface area contributed by atoms with Crippen molar-refractivity contribution < 1.29 is 22.4 Å². The van der Waals surface area contributed by atoms with Crippen molar-refractivity contribution in [2.75, 3.05) is 0 Å². The van der Waals surface area contributed by atoms with Gasteiger partial charge in [0.15, 0.2) is 5.43 Å². The van der Waals surface area contributed by atoms with Crippen molar-refractivity contribution in [1.29, 1.82) is 0 Å². The zero-order valence-corrected chi connectivity index (χ0v) is 17.1. The first-order valence-corrected chi connectivity index (χ1v) is 10.5. The summed E-state index contributed by atoms with van der Waals surface area (Å²) < 4.78 is 55.7. The second-order valence-corrected chi connectivity index (χ2v) is 9.12. The highest BCUT2D eigenvalue weighted by atomic mass is 19.3. The van der Waals surface area contributed by atoms with Gasteiger partial charge in [0.2, 0.25) is 11.8 Å². The predicted molar refractivity (Wildman–Crippen MR) is 107 cm³/mol. The molecule has 3 atom stereocenters. The van der Waals surface area contributed by atoms with Crippen LogP contribution in [0.25, 0.3) is 10.9 Å². The molecule has 4 rings (SSSR count). The number of nitrogens with zero attached hydrogens (tertiary/aromatic N) is 1. The number of H-pyrrole nitrogens is 1. The molecule has 2 heterocycles. The SMILES string of the molecule is CC(F)(F)[C@@H]1CC(C2CCC(F)(F)CC2)[C@H](c2cc(=O)c3c(C(N)=O)nccc3[nH]2)C1. The minimum absolute atomic E-state index is 0.0583. The van der Waals surface area contributed by atoms with Gasteiger partial charge in [-0.25, -0.2) is 17.6 Å². The molecule has 5 nitrogen and oxygen atoms in total. The van der Waals surface area contributed by atoms with E-state index in [1.807, 2.05) is 0 Å². The van der Waals surface area contributed by atoms with E-state index >= 15 is 0 Å². The number of aromatic nitrogens is 2. The number of carbonyl (C=O) groups is 1. The fourth-order valence-corrected chi connectivity index (χ4v) is 5.46. The lowest BCUT2D eigenvalue weighted by Crippen LogP contribution is -2.30. The van der Waals surface area contributed by atoms with Gasteiger partial charge in [-0.05, 0) is 50.5 Å². The van der Waals surface area contributed by atoms with Crippen molar-refractivity contribution in [3.63, 3.8) is 0 Å². The van der Waals surface area contributed by atoms with Gasteiger partial charge in [0.05, 0.1) is 10.9 Å². The number of rotatable bonds is 4. The molecule has 31 heavy (non-hydrogen) atoms. The summed E-state index contributed by atoms with van der Waals surface area (Å²) in [6.45, 7) is 0.889. The number of halogens is 4. The highest BCUT2D eigenvalue weighted by Crippen LogP contribution is 2.54. The number of aromatic amines is 1. The lowest BCUT2D eigenvalue weighted by molar-refractivity contribution is -0.0573. The molecule has 168 valence electrons. The molecule has 3 N–H and O–H groups in total. The number of primary amides is 1. The minimum Gasteiger partial charge on any atom is -0.364 e. The monoisotopic (exact) mass is 439 g/mol. The number of alkyl halides is 4. The summed E-state index contributed by atoms with van der Waals surface area (Å²) in [4.78, 5) is 31.4. The molecular weight excluding hydrogens is 414 g/mol. The Morgan fingerprint density at radius 2 is 1.94 bits per heavy atom. The van der Waals surface area contributed by atoms with Crippen molar-refractivity contribution >= 4 is 16.8 Å². The smallest absolute Gasteiger partial charge is 0.268 e. The molecular formula is C22H25F4N3O2. The van der Waals surface area contributed by atoms with E-state index in [-0.39, 0.29) is 67.4 Å². The summed E-state index contributed by atoms with van der Waals surface area (Å²) in [6.07, 6.45) is 1.82. The molecule has 0 bridgehead atoms. The molecule has 1 unspecified atom stereocenters. The molecule has 9 heteroatoms. The molecule has 0 spiro atoms. The number of hydrogen-bond donors (Lipinski definition) is 2. The van der Waals surface area contributed by atoms with Crippen LogP contribution in [-0.4, -0.2) is 27.7 Å². The van der Waals surface area contributed by atoms with Crippen molar-refractivity contribution in [2.24, 2.45) is 23.5 Å². The number of carbonyl (C=O) groups excluding carboxylic acids is 1. The van der Waals surface area contributed by atoms with Crippen LogP contribution in [0.4, 0.5) is 17.6 Å². The zero-order valence-electron chi connectivity index (χ0n) is 17.1. The quantitative estimate of drug-likeness (QED) is 0.682. The van der Waals surface area contributed by atoms with Crippen LogP contribution < -0.4 is 11.2 Å². The van der Waals surface area contributed by atoms with Crippen LogP contribution in [0.1, 0.15) is 67.5 Å². The second kappa shape index (κ2) is 7.60. The Bertz CT molecular complexity index is 1050. The fraction of sp³-hybridized carbons (Fsp3) is 0.591. The average molecular weight is 439 g/mol. The Kier molecular flexibility index (Phi) is 5.34. The Hall–Kier alpha value is -2.45. The third-order valence-electron chi connectivity index (χ3n) is 7.09. The highest BCUT2D eigenvalue weighted by Gasteiger charge is 2.49. The van der Waals surface area contributed by atoms with Crippen LogP contribution in [0.15, 0.2) is 23.1 Å². The van der Waals surface area contributed by atoms with E-state index in [0.717, 1.165) is 6.92 Å². The maximum absolute atomic E-state index is 14.2. The van der Waals surface area contributed by atoms with E-state index in [1.165, 1.54) is 18.3 Å². The first-order valence-electron chi connectivity index (χ1n) is 10.5. The average Bonchev–Trinajstić information content (AvgIpc) is 3.13. The molecule has 1 amide bonds. The maximum atomic E-state index is 14.2. The molecule has 0 aliphatic heterocycles. The number of nitrogens with two attached hydrogens (primary N) is 1. The van der Waals surface area contributed by atoms with E-state index in [9.17, 15) is 27.2 Å². The van der Waals surface area contributed by atoms with Gasteiger partial charge in [0.25, 0.3) is 5.91 Å². The molecule has 0 aromatic carbocycles. The van der Waals surface area contributed by atoms with Crippen LogP contribution in [-0.2, 0) is 0 Å². The zero-order chi connectivity index (χ0) is 22.6. The van der Waals surface area contributed by atoms with Gasteiger partial charge in [0, 0.05) is 42.6 Å². The van der Waals surface area contributed by atoms with Gasteiger partial charge < -0.3 is 10.7 Å². The number of pyridine rings is 2. The van der Waals surface area contributed by atoms with Gasteiger partial charge in [0.1, 0.15) is 5.69 Å². The predicted octanol–water partition coefficient (Wildman–Crippen LogP) is 4.61. The fourth-order valence-electron chi connectivity index (χ4n) is 5.46. The highest BCUT2D eigenvalue weighted by molar-refractivity contribution is 6.03. The van der Waals surface area contributed by atoms with Crippen LogP contribution in [0.2, 0.25) is 0 Å². The Balaban J connectivity index is 1.74. The van der Waals surface area contributed by atoms with Gasteiger partial charge in [-0.2, -0.15) is 0 Å². The number of fused-ring (bicyclic) bond motifs is 1. The molecule has 0 saturated heterocycles. The molecule has 2 aromatic rings. The van der Waals surface area contributed by atoms with Gasteiger partial charge in [-0.1, -0.05) is 0 Å². The van der Waals surface area contributed by atoms with E-state index in [4.69, 9.17) is 5.73 Å². The van der Waals surface area contributed by atoms with E-state index in [1.54, 1.807) is 0 Å². The van der Waals surface area contributed by atoms with Gasteiger partial charge >= 0.3 is 0 Å². The second-order valence-electron chi connectivity index (χ2n) is 9.12. The minimum atomic E-state index is -2.90. The standard InChI is InChI=1S/C22H25F4N3O2/c1-21(23,24)12-8-13(11-2-5-22(25,26)6-3-11)14(9-12)16-10-17(30)18-15(29-16)4-7-28-19(18)20(27)31/h4,7,10-14H,2-3,5-6,8-9H2,1H3,(H2,27,31)(H,29,30)/t12-,13?,14-/m1/s1. The van der Waals surface area contributed by atoms with Gasteiger partial charge in [-0.15, -0.1) is 0 Å². The summed E-state index contributed by atoms with van der Waals surface area (Å²) in [6, 6.07) is 2.85. The van der Waals surface area contributed by atoms with Crippen molar-refractivity contribution in [1.82, 2.24) is 9.97 Å². The van der Waals surface area contributed by atoms with E-state index < -0.39 is 29.1 Å². The van der Waals surface area contributed by atoms with E-state index in [0.29, 0.717) is 11.2 Å². The lowest BCUT2D eigenvalue weighted by atomic mass is 9.73. The topological polar surface area (TPSA) is 88.8 Å². The lowest BCUT2D eigenvalue weighted by Gasteiger charge is -2.35. The number of amides is 1. The summed E-state index contributed by atoms with van der Waals surface area (Å²) in [5.41, 5.74) is 5.55. The molecule has 0 radical (unpaired) electrons. The normalized spacial score (nSPS) is 26.9. The Morgan fingerprint density at radius 1 is 1.26 bits per heavy atom. The first-order chi connectivity index (χ1) is 14.5. The maximum Gasteiger partial charge on any atom is 0.268 e. The summed E-state index contributed by atoms with van der Waals surface area (Å²) >= 11 is 0. The summed E-state index contributed by atoms with van der Waals surface area (Å²) in [7, 11) is 0. The number of hydrogen-bond acceptors (Lipinski definition) is 3. The summed E-state index contributed by atoms with van der Waals surface area (Å²) in [5.74, 6) is -8.03. The van der Waals surface area contributed by atoms with Gasteiger partial charge in [-0.3, -0.25) is 14.6 Å². The number of nitrogens with one attached hydrogen (secondary N) is 1. The van der Waals surface area contributed by atoms with E-state index in [2.05, 4.69) is 9.97 Å². The third-order valence-corrected chi connectivity index (χ3v) is 7.09. The Morgan fingerprint density at radius 3 is 2.55 bits per heavy atom. The van der Waals surface area contributed by atoms with Crippen molar-refractivity contribution in [2.45, 2.75) is 63.2 Å². The first kappa shape index (κ1) is 21.8. The molecule has 2 aliphatic carbocycles. The van der Waals surface area contributed by atoms with Crippen molar-refractivity contribution in [3.05, 3.63) is 39.9 Å². The summed E-state index contributed by atoms with van der Waals surface area (Å²) in [5, 5.41) is 0.0583. The molecule has 2 saturated carbocycles. The molecule has 2 aliphatic rings. The molecule has 2 fully saturated rings. The third kappa shape index (κ3) is 4.19. The van der Waals surface area contributed by atoms with Crippen LogP contribution >= 0.6 is 0 Å². The Labute approximate surface area is 176 Å². The molecule has 2 aromatic heterocycles. The largest absolute Gasteiger partial charge is 0.364 e.